The van der Waals surface area contributed by atoms with Crippen LogP contribution in [0.4, 0.5) is 0 Å². The van der Waals surface area contributed by atoms with Crippen molar-refractivity contribution < 1.29 is 9.97 Å². The molecule has 2 bridgehead atoms. The van der Waals surface area contributed by atoms with E-state index in [0.717, 1.165) is 97.2 Å². The van der Waals surface area contributed by atoms with Crippen molar-refractivity contribution in [1.29, 1.82) is 0 Å². The topological polar surface area (TPSA) is 88.5 Å². The zero-order chi connectivity index (χ0) is 96.9. The number of aromatic nitrogens is 6. The monoisotopic (exact) mass is 1740 g/mol. The fourth-order valence-corrected chi connectivity index (χ4v) is 16.4. The van der Waals surface area contributed by atoms with Gasteiger partial charge in [0.15, 0.2) is 11.4 Å². The number of nitrogens with zero attached hydrogens (tertiary/aromatic N) is 1. The highest BCUT2D eigenvalue weighted by Gasteiger charge is 2.45. The molecule has 0 aliphatic heterocycles. The van der Waals surface area contributed by atoms with Crippen molar-refractivity contribution in [3.05, 3.63) is 414 Å². The Hall–Kier alpha value is -12.0. The molecule has 4 unspecified atom stereocenters. The molecule has 5 N–H and O–H groups in total. The van der Waals surface area contributed by atoms with E-state index in [1.807, 2.05) is 233 Å². The van der Waals surface area contributed by atoms with Crippen molar-refractivity contribution in [3.63, 3.8) is 0 Å². The molecule has 0 spiro atoms. The summed E-state index contributed by atoms with van der Waals surface area (Å²) in [5, 5.41) is 0. The van der Waals surface area contributed by atoms with E-state index >= 15 is 0 Å². The van der Waals surface area contributed by atoms with Crippen LogP contribution in [0.2, 0.25) is 0 Å². The minimum absolute atomic E-state index is 0.0858. The van der Waals surface area contributed by atoms with Gasteiger partial charge in [0.25, 0.3) is 11.6 Å². The third-order valence-corrected chi connectivity index (χ3v) is 21.8. The molecule has 0 amide bonds. The Morgan fingerprint density at radius 2 is 0.623 bits per heavy atom. The molecular formula is C124H168N6+2. The highest BCUT2D eigenvalue weighted by atomic mass is 15.0. The van der Waals surface area contributed by atoms with Gasteiger partial charge in [-0.1, -0.05) is 541 Å². The average Bonchev–Trinajstić information content (AvgIpc) is 1.58. The molecule has 18 rings (SSSR count). The Morgan fingerprint density at radius 1 is 0.315 bits per heavy atom. The van der Waals surface area contributed by atoms with Crippen LogP contribution in [-0.2, 0) is 16.2 Å². The Labute approximate surface area is 792 Å². The van der Waals surface area contributed by atoms with E-state index in [1.165, 1.54) is 69.3 Å². The Kier molecular flexibility index (Phi) is 56.8. The third kappa shape index (κ3) is 32.3. The van der Waals surface area contributed by atoms with Gasteiger partial charge in [0.2, 0.25) is 0 Å². The van der Waals surface area contributed by atoms with E-state index in [9.17, 15) is 0 Å². The van der Waals surface area contributed by atoms with Gasteiger partial charge in [-0.15, -0.1) is 0 Å². The van der Waals surface area contributed by atoms with Crippen LogP contribution in [0.5, 0.6) is 0 Å². The quantitative estimate of drug-likeness (QED) is 0.0987. The van der Waals surface area contributed by atoms with Crippen molar-refractivity contribution in [1.82, 2.24) is 19.9 Å². The molecule has 1 saturated carbocycles. The number of allylic oxidation sites excluding steroid dienone is 2. The van der Waals surface area contributed by atoms with Gasteiger partial charge in [-0.3, -0.25) is 0 Å². The Morgan fingerprint density at radius 3 is 0.969 bits per heavy atom. The number of hydrogen-bond acceptors (Lipinski definition) is 1. The first-order valence-electron chi connectivity index (χ1n) is 49.5. The third-order valence-electron chi connectivity index (χ3n) is 21.8. The summed E-state index contributed by atoms with van der Waals surface area (Å²) in [6.45, 7) is 63.8. The van der Waals surface area contributed by atoms with Crippen molar-refractivity contribution in [2.24, 2.45) is 17.8 Å². The van der Waals surface area contributed by atoms with Gasteiger partial charge < -0.3 is 4.98 Å². The molecule has 130 heavy (non-hydrogen) atoms. The summed E-state index contributed by atoms with van der Waals surface area (Å²) in [5.41, 5.74) is 25.1. The zero-order valence-corrected chi connectivity index (χ0v) is 86.0. The first-order valence-corrected chi connectivity index (χ1v) is 49.5. The summed E-state index contributed by atoms with van der Waals surface area (Å²) in [5.74, 6) is 5.85. The van der Waals surface area contributed by atoms with Crippen LogP contribution in [-0.4, -0.2) is 19.9 Å². The molecule has 3 heterocycles. The number of fused-ring (bicyclic) bond motifs is 3. The number of H-pyrrole nitrogens is 5. The molecule has 3 aliphatic rings. The number of aromatic amines is 5. The van der Waals surface area contributed by atoms with Crippen molar-refractivity contribution >= 4 is 0 Å². The van der Waals surface area contributed by atoms with Gasteiger partial charge in [0, 0.05) is 58.4 Å². The molecule has 12 aromatic carbocycles. The molecule has 692 valence electrons. The lowest BCUT2D eigenvalue weighted by Gasteiger charge is -2.29. The molecule has 0 radical (unpaired) electrons. The Bertz CT molecular complexity index is 5030. The summed E-state index contributed by atoms with van der Waals surface area (Å²) in [6.07, 6.45) is 8.83. The average molecular weight is 1740 g/mol. The van der Waals surface area contributed by atoms with Crippen LogP contribution in [0, 0.1) is 31.6 Å². The maximum absolute atomic E-state index is 4.87. The largest absolute Gasteiger partial charge is 0.337 e. The van der Waals surface area contributed by atoms with Crippen molar-refractivity contribution in [3.8, 4) is 79.2 Å². The molecule has 3 aromatic heterocycles. The van der Waals surface area contributed by atoms with Crippen LogP contribution < -0.4 is 9.97 Å². The fourth-order valence-electron chi connectivity index (χ4n) is 16.4. The van der Waals surface area contributed by atoms with E-state index in [2.05, 4.69) is 371 Å². The number of imidazole rings is 3. The van der Waals surface area contributed by atoms with Crippen LogP contribution in [0.15, 0.2) is 364 Å². The second-order valence-corrected chi connectivity index (χ2v) is 29.9. The maximum atomic E-state index is 4.87. The van der Waals surface area contributed by atoms with Gasteiger partial charge >= 0.3 is 0 Å². The number of hydrogen-bond donors (Lipinski definition) is 3. The molecule has 15 aromatic rings. The predicted octanol–water partition coefficient (Wildman–Crippen LogP) is 36.7. The highest BCUT2D eigenvalue weighted by molar-refractivity contribution is 5.81. The molecule has 6 heteroatoms. The van der Waals surface area contributed by atoms with Gasteiger partial charge in [-0.25, -0.2) is 24.9 Å². The van der Waals surface area contributed by atoms with Crippen LogP contribution >= 0.6 is 0 Å². The van der Waals surface area contributed by atoms with E-state index in [1.54, 1.807) is 0 Å². The van der Waals surface area contributed by atoms with E-state index in [4.69, 9.17) is 4.98 Å². The molecule has 0 saturated heterocycles. The summed E-state index contributed by atoms with van der Waals surface area (Å²) in [6, 6.07) is 123. The van der Waals surface area contributed by atoms with Crippen molar-refractivity contribution in [2.45, 2.75) is 256 Å². The molecule has 1 fully saturated rings. The summed E-state index contributed by atoms with van der Waals surface area (Å²) in [7, 11) is 0. The molecule has 6 nitrogen and oxygen atoms in total. The smallest absolute Gasteiger partial charge is 0.285 e. The molecular weight excluding hydrogens is 1570 g/mol. The maximum Gasteiger partial charge on any atom is 0.285 e. The Balaban J connectivity index is 0.000000526. The summed E-state index contributed by atoms with van der Waals surface area (Å²) < 4.78 is 0. The second-order valence-electron chi connectivity index (χ2n) is 29.9. The number of benzene rings is 12. The molecule has 3 aliphatic carbocycles. The predicted molar refractivity (Wildman–Crippen MR) is 576 cm³/mol. The van der Waals surface area contributed by atoms with Crippen LogP contribution in [0.25, 0.3) is 79.2 Å². The van der Waals surface area contributed by atoms with Crippen LogP contribution in [0.1, 0.15) is 276 Å². The van der Waals surface area contributed by atoms with Crippen LogP contribution in [0.3, 0.4) is 0 Å². The first-order chi connectivity index (χ1) is 63.8. The minimum Gasteiger partial charge on any atom is -0.337 e. The van der Waals surface area contributed by atoms with Gasteiger partial charge in [0.05, 0.1) is 22.5 Å². The van der Waals surface area contributed by atoms with E-state index in [-0.39, 0.29) is 16.2 Å². The normalized spacial score (nSPS) is 13.9. The SMILES string of the molecule is C1=CC2CC1CC2C(c1ccccc1)c1ccccc1.CC.CC.CC.CC.CC.CC.CC.CC.CC.CC.CC.CC.CC(C)(c1ccccc1)c1ccccc1.CC1(C)CC(C)(c2ccccc2)c2ccccc21.Cc1[nH]c(-c2ccc(-c3[nH]c(C)c(-c4ccccc4)[nH+]3)cc2)[nH+]c1-c1ccccc1.c1ccc(-c2nc(-c3ccccc3)c(-c3ccccc3)[nH]2)cc1. The zero-order valence-electron chi connectivity index (χ0n) is 86.0. The minimum atomic E-state index is 0.0858. The van der Waals surface area contributed by atoms with E-state index in [0.29, 0.717) is 5.92 Å². The lowest BCUT2D eigenvalue weighted by Crippen LogP contribution is -2.23. The lowest BCUT2D eigenvalue weighted by molar-refractivity contribution is -0.350. The number of nitrogens with one attached hydrogen (secondary N) is 5. The van der Waals surface area contributed by atoms with Gasteiger partial charge in [-0.2, -0.15) is 0 Å². The summed E-state index contributed by atoms with van der Waals surface area (Å²) >= 11 is 0. The second kappa shape index (κ2) is 64.7. The highest BCUT2D eigenvalue weighted by Crippen LogP contribution is 2.53. The van der Waals surface area contributed by atoms with Gasteiger partial charge in [0.1, 0.15) is 17.2 Å². The first kappa shape index (κ1) is 114. The van der Waals surface area contributed by atoms with E-state index < -0.39 is 0 Å². The fraction of sp³-hybridized carbons (Fsp3) is 0.331. The lowest BCUT2D eigenvalue weighted by atomic mass is 9.74. The molecule has 4 atom stereocenters. The number of aryl methyl sites for hydroxylation is 2. The number of rotatable bonds is 13. The standard InChI is InChI=1S/C26H22N4.C21H16N2.C20H20.C18H20.C15H16.12C2H6/c1-17-23(19-9-5-3-6-10-19)29-25(27-17)21-13-15-22(16-14-21)26-28-18(2)24(30-26)20-11-7-4-8-12-20;1-4-10-16(11-5-1)19-20(17-12-6-2-7-13-17)23-21(22-19)18-14-8-3-9-15-18;1-3-7-16(8-4-1)20(17-9-5-2-6-10-17)19-14-15-11-12-18(19)13-15;1-17(2)13-18(3,14-9-5-4-6-10-14)16-12-8-7-11-15(16)17;1-15(2,13-9-5-3-6-10-13)14-11-7-4-8-12-14;12*1-2/h3-16H,1-2H3,(H,27,29)(H,28,30);1-15H,(H,22,23);1-12,15,18-20H,13-14H2;4-12H,13H2,1-3H3;3-12H,1-2H3;12*1-2H3/p+2. The summed E-state index contributed by atoms with van der Waals surface area (Å²) in [4.78, 5) is 22.4. The van der Waals surface area contributed by atoms with Crippen molar-refractivity contribution in [2.75, 3.05) is 0 Å². The van der Waals surface area contributed by atoms with Gasteiger partial charge in [-0.05, 0) is 106 Å².